The van der Waals surface area contributed by atoms with Crippen molar-refractivity contribution in [2.24, 2.45) is 5.92 Å². The van der Waals surface area contributed by atoms with Crippen molar-refractivity contribution >= 4 is 56.3 Å². The summed E-state index contributed by atoms with van der Waals surface area (Å²) in [7, 11) is 0. The normalized spacial score (nSPS) is 17.0. The Bertz CT molecular complexity index is 965. The summed E-state index contributed by atoms with van der Waals surface area (Å²) in [4.78, 5) is 6.79. The third kappa shape index (κ3) is 7.03. The number of nitrogens with zero attached hydrogens (tertiary/aromatic N) is 2. The van der Waals surface area contributed by atoms with E-state index in [2.05, 4.69) is 37.1 Å². The van der Waals surface area contributed by atoms with Crippen LogP contribution in [-0.4, -0.2) is 34.0 Å². The van der Waals surface area contributed by atoms with Gasteiger partial charge in [-0.1, -0.05) is 51.8 Å². The molecular formula is C24H30BrCl2N3O2S. The van der Waals surface area contributed by atoms with Gasteiger partial charge < -0.3 is 14.2 Å². The maximum absolute atomic E-state index is 13.1. The number of halogens is 3. The highest BCUT2D eigenvalue weighted by molar-refractivity contribution is 9.10. The lowest BCUT2D eigenvalue weighted by molar-refractivity contribution is 0.306. The first-order valence-corrected chi connectivity index (χ1v) is 13.6. The molecule has 1 unspecified atom stereocenters. The predicted octanol–water partition coefficient (Wildman–Crippen LogP) is 6.73. The van der Waals surface area contributed by atoms with Crippen molar-refractivity contribution in [3.8, 4) is 5.75 Å². The number of pyridine rings is 1. The monoisotopic (exact) mass is 573 g/mol. The fraction of sp³-hybridized carbons (Fsp3) is 0.458. The van der Waals surface area contributed by atoms with Crippen LogP contribution in [0.1, 0.15) is 45.2 Å². The van der Waals surface area contributed by atoms with Crippen molar-refractivity contribution in [3.63, 3.8) is 0 Å². The summed E-state index contributed by atoms with van der Waals surface area (Å²) in [6.07, 6.45) is 5.29. The lowest BCUT2D eigenvalue weighted by atomic mass is 9.85. The quantitative estimate of drug-likeness (QED) is 0.280. The summed E-state index contributed by atoms with van der Waals surface area (Å²) in [5.74, 6) is 1.81. The molecular weight excluding hydrogens is 545 g/mol. The third-order valence-corrected chi connectivity index (χ3v) is 8.37. The highest BCUT2D eigenvalue weighted by Crippen LogP contribution is 2.41. The summed E-state index contributed by atoms with van der Waals surface area (Å²) >= 11 is 15.0. The SMILES string of the molecule is C=CCOc1cc(Cl)c(Cl)cc1[C@H](N[S+]([O-])C(C)(C)C)C1CCN(c2cc(Br)ccn2)CC1. The number of nitrogens with one attached hydrogen (secondary N) is 1. The number of hydrogen-bond donors (Lipinski definition) is 1. The minimum atomic E-state index is -1.28. The van der Waals surface area contributed by atoms with Gasteiger partial charge in [-0.15, -0.1) is 4.72 Å². The first-order valence-electron chi connectivity index (χ1n) is 10.9. The van der Waals surface area contributed by atoms with Gasteiger partial charge in [-0.05, 0) is 57.7 Å². The Kier molecular flexibility index (Phi) is 9.40. The summed E-state index contributed by atoms with van der Waals surface area (Å²) in [5.41, 5.74) is 0.864. The smallest absolute Gasteiger partial charge is 0.136 e. The molecule has 0 aliphatic carbocycles. The molecule has 5 nitrogen and oxygen atoms in total. The molecule has 0 bridgehead atoms. The minimum absolute atomic E-state index is 0.211. The number of aromatic nitrogens is 1. The van der Waals surface area contributed by atoms with E-state index in [4.69, 9.17) is 27.9 Å². The van der Waals surface area contributed by atoms with E-state index in [9.17, 15) is 4.55 Å². The second-order valence-electron chi connectivity index (χ2n) is 9.04. The highest BCUT2D eigenvalue weighted by Gasteiger charge is 2.37. The van der Waals surface area contributed by atoms with Crippen molar-refractivity contribution in [2.45, 2.75) is 44.4 Å². The molecule has 1 saturated heterocycles. The van der Waals surface area contributed by atoms with Crippen LogP contribution < -0.4 is 14.4 Å². The van der Waals surface area contributed by atoms with Gasteiger partial charge in [0.1, 0.15) is 22.9 Å². The van der Waals surface area contributed by atoms with Gasteiger partial charge in [0.2, 0.25) is 0 Å². The molecule has 1 aliphatic heterocycles. The second kappa shape index (κ2) is 11.6. The van der Waals surface area contributed by atoms with E-state index in [0.717, 1.165) is 41.8 Å². The molecule has 1 aliphatic rings. The number of anilines is 1. The average molecular weight is 575 g/mol. The first kappa shape index (κ1) is 26.6. The Balaban J connectivity index is 1.90. The van der Waals surface area contributed by atoms with Crippen molar-refractivity contribution in [3.05, 3.63) is 63.2 Å². The van der Waals surface area contributed by atoms with Gasteiger partial charge >= 0.3 is 0 Å². The van der Waals surface area contributed by atoms with E-state index in [1.165, 1.54) is 0 Å². The molecule has 2 atom stereocenters. The van der Waals surface area contributed by atoms with Crippen LogP contribution in [0.2, 0.25) is 10.0 Å². The Morgan fingerprint density at radius 2 is 1.97 bits per heavy atom. The zero-order valence-corrected chi connectivity index (χ0v) is 23.0. The van der Waals surface area contributed by atoms with Crippen LogP contribution in [0.4, 0.5) is 5.82 Å². The van der Waals surface area contributed by atoms with Gasteiger partial charge in [-0.2, -0.15) is 0 Å². The molecule has 1 aromatic carbocycles. The van der Waals surface area contributed by atoms with Gasteiger partial charge in [-0.25, -0.2) is 4.98 Å². The number of benzene rings is 1. The molecule has 1 fully saturated rings. The number of hydrogen-bond acceptors (Lipinski definition) is 5. The minimum Gasteiger partial charge on any atom is -0.598 e. The number of piperidine rings is 1. The summed E-state index contributed by atoms with van der Waals surface area (Å²) in [6, 6.07) is 7.31. The molecule has 3 rings (SSSR count). The van der Waals surface area contributed by atoms with Crippen LogP contribution in [-0.2, 0) is 11.4 Å². The van der Waals surface area contributed by atoms with Gasteiger partial charge in [0.25, 0.3) is 0 Å². The zero-order valence-electron chi connectivity index (χ0n) is 19.1. The van der Waals surface area contributed by atoms with Crippen LogP contribution in [0, 0.1) is 5.92 Å². The van der Waals surface area contributed by atoms with Crippen molar-refractivity contribution in [1.29, 1.82) is 0 Å². The van der Waals surface area contributed by atoms with Crippen LogP contribution in [0.15, 0.2) is 47.6 Å². The van der Waals surface area contributed by atoms with Crippen LogP contribution in [0.25, 0.3) is 0 Å². The summed E-state index contributed by atoms with van der Waals surface area (Å²) in [6.45, 7) is 11.6. The van der Waals surface area contributed by atoms with Gasteiger partial charge in [0.15, 0.2) is 0 Å². The molecule has 2 heterocycles. The molecule has 0 radical (unpaired) electrons. The predicted molar refractivity (Wildman–Crippen MR) is 143 cm³/mol. The molecule has 33 heavy (non-hydrogen) atoms. The lowest BCUT2D eigenvalue weighted by Crippen LogP contribution is -2.46. The Labute approximate surface area is 218 Å². The first-order chi connectivity index (χ1) is 15.6. The van der Waals surface area contributed by atoms with E-state index in [1.807, 2.05) is 39.0 Å². The van der Waals surface area contributed by atoms with Crippen molar-refractivity contribution < 1.29 is 9.29 Å². The maximum Gasteiger partial charge on any atom is 0.136 e. The summed E-state index contributed by atoms with van der Waals surface area (Å²) < 4.78 is 23.1. The van der Waals surface area contributed by atoms with Gasteiger partial charge in [-0.3, -0.25) is 0 Å². The summed E-state index contributed by atoms with van der Waals surface area (Å²) in [5, 5.41) is 0.868. The topological polar surface area (TPSA) is 60.4 Å². The molecule has 0 spiro atoms. The molecule has 2 aromatic rings. The average Bonchev–Trinajstić information content (AvgIpc) is 2.77. The number of rotatable bonds is 8. The van der Waals surface area contributed by atoms with E-state index in [0.29, 0.717) is 22.4 Å². The molecule has 1 N–H and O–H groups in total. The second-order valence-corrected chi connectivity index (χ2v) is 12.8. The molecule has 0 amide bonds. The van der Waals surface area contributed by atoms with Crippen molar-refractivity contribution in [2.75, 3.05) is 24.6 Å². The van der Waals surface area contributed by atoms with Gasteiger partial charge in [0.05, 0.1) is 16.1 Å². The van der Waals surface area contributed by atoms with E-state index in [-0.39, 0.29) is 12.0 Å². The van der Waals surface area contributed by atoms with Crippen LogP contribution in [0.5, 0.6) is 5.75 Å². The van der Waals surface area contributed by atoms with E-state index >= 15 is 0 Å². The fourth-order valence-electron chi connectivity index (χ4n) is 3.79. The zero-order chi connectivity index (χ0) is 24.2. The molecule has 180 valence electrons. The largest absolute Gasteiger partial charge is 0.598 e. The Morgan fingerprint density at radius 3 is 2.58 bits per heavy atom. The third-order valence-electron chi connectivity index (χ3n) is 5.58. The van der Waals surface area contributed by atoms with Crippen LogP contribution >= 0.6 is 39.1 Å². The molecule has 1 aromatic heterocycles. The standard InChI is InChI=1S/C24H30BrCl2N3O2S/c1-5-12-32-21-15-20(27)19(26)14-18(21)23(29-33(31)24(2,3)4)16-7-10-30(11-8-16)22-13-17(25)6-9-28-22/h5-6,9,13-16,23,29H,1,7-8,10-12H2,2-4H3/t23-,33?/m1/s1. The number of ether oxygens (including phenoxy) is 1. The van der Waals surface area contributed by atoms with Gasteiger partial charge in [0, 0.05) is 46.8 Å². The van der Waals surface area contributed by atoms with Crippen LogP contribution in [0.3, 0.4) is 0 Å². The lowest BCUT2D eigenvalue weighted by Gasteiger charge is -2.38. The van der Waals surface area contributed by atoms with Crippen molar-refractivity contribution in [1.82, 2.24) is 9.71 Å². The molecule has 9 heteroatoms. The Hall–Kier alpha value is -0.960. The Morgan fingerprint density at radius 1 is 1.30 bits per heavy atom. The highest BCUT2D eigenvalue weighted by atomic mass is 79.9. The molecule has 0 saturated carbocycles. The fourth-order valence-corrected chi connectivity index (χ4v) is 5.35. The van der Waals surface area contributed by atoms with E-state index in [1.54, 1.807) is 18.3 Å². The van der Waals surface area contributed by atoms with E-state index < -0.39 is 16.1 Å². The maximum atomic E-state index is 13.1.